The molecule has 0 saturated heterocycles. The van der Waals surface area contributed by atoms with Crippen LogP contribution in [0, 0.1) is 17.7 Å². The summed E-state index contributed by atoms with van der Waals surface area (Å²) in [5.74, 6) is -3.69. The highest BCUT2D eigenvalue weighted by molar-refractivity contribution is 6.76. The van der Waals surface area contributed by atoms with Gasteiger partial charge in [-0.25, -0.2) is 4.39 Å². The zero-order chi connectivity index (χ0) is 27.4. The second-order valence-corrected chi connectivity index (χ2v) is 16.9. The smallest absolute Gasteiger partial charge is 0.310 e. The Hall–Kier alpha value is -3.20. The third-order valence-corrected chi connectivity index (χ3v) is 8.89. The number of aromatic hydroxyl groups is 1. The lowest BCUT2D eigenvalue weighted by Crippen LogP contribution is -2.51. The van der Waals surface area contributed by atoms with Crippen molar-refractivity contribution in [1.82, 2.24) is 0 Å². The minimum absolute atomic E-state index is 0.0674. The van der Waals surface area contributed by atoms with Gasteiger partial charge in [0.05, 0.1) is 30.8 Å². The molecule has 3 aliphatic rings. The number of benzene rings is 2. The Morgan fingerprint density at radius 2 is 1.68 bits per heavy atom. The summed E-state index contributed by atoms with van der Waals surface area (Å²) in [6.07, 6.45) is 1.06. The summed E-state index contributed by atoms with van der Waals surface area (Å²) in [5.41, 5.74) is 3.00. The zero-order valence-corrected chi connectivity index (χ0v) is 23.4. The average molecular weight is 542 g/mol. The van der Waals surface area contributed by atoms with E-state index in [1.54, 1.807) is 24.3 Å². The second kappa shape index (κ2) is 11.7. The number of oxime groups is 1. The summed E-state index contributed by atoms with van der Waals surface area (Å²) in [5, 5.41) is 14.7. The molecule has 2 aromatic carbocycles. The highest BCUT2D eigenvalue weighted by atomic mass is 28.3. The van der Waals surface area contributed by atoms with Crippen LogP contribution in [0.5, 0.6) is 5.75 Å². The van der Waals surface area contributed by atoms with E-state index in [9.17, 15) is 19.1 Å². The summed E-state index contributed by atoms with van der Waals surface area (Å²) in [6.45, 7) is 9.24. The summed E-state index contributed by atoms with van der Waals surface area (Å²) >= 11 is 0. The first-order chi connectivity index (χ1) is 18.1. The molecule has 204 valence electrons. The second-order valence-electron chi connectivity index (χ2n) is 11.3. The molecule has 7 nitrogen and oxygen atoms in total. The average Bonchev–Trinajstić information content (AvgIpc) is 2.87. The number of esters is 2. The van der Waals surface area contributed by atoms with E-state index in [-0.39, 0.29) is 30.7 Å². The maximum atomic E-state index is 13.5. The number of carbonyl (C=O) groups excluding carboxylic acids is 2. The number of ether oxygens (including phenoxy) is 2. The number of phenolic OH excluding ortho intramolecular Hbond substituents is 1. The van der Waals surface area contributed by atoms with Crippen LogP contribution in [0.15, 0.2) is 47.6 Å². The van der Waals surface area contributed by atoms with Crippen LogP contribution in [0.3, 0.4) is 0 Å². The molecule has 1 N–H and O–H groups in total. The molecular formula is C29H36FNO6Si. The lowest BCUT2D eigenvalue weighted by atomic mass is 9.55. The van der Waals surface area contributed by atoms with Gasteiger partial charge in [0.1, 0.15) is 18.2 Å². The molecule has 38 heavy (non-hydrogen) atoms. The van der Waals surface area contributed by atoms with E-state index in [2.05, 4.69) is 24.8 Å². The van der Waals surface area contributed by atoms with Gasteiger partial charge in [0.25, 0.3) is 0 Å². The number of hydrogen-bond acceptors (Lipinski definition) is 7. The van der Waals surface area contributed by atoms with Gasteiger partial charge in [-0.15, -0.1) is 0 Å². The van der Waals surface area contributed by atoms with Crippen molar-refractivity contribution in [2.75, 3.05) is 13.2 Å². The molecule has 0 aliphatic heterocycles. The number of nitrogens with zero attached hydrogens (tertiary/aromatic N) is 1. The van der Waals surface area contributed by atoms with Crippen LogP contribution < -0.4 is 0 Å². The van der Waals surface area contributed by atoms with E-state index in [1.807, 2.05) is 13.0 Å². The topological polar surface area (TPSA) is 94.4 Å². The number of fused-ring (bicyclic) bond motifs is 2. The van der Waals surface area contributed by atoms with Crippen molar-refractivity contribution in [3.63, 3.8) is 0 Å². The minimum atomic E-state index is -1.42. The number of hydrogen-bond donors (Lipinski definition) is 1. The number of rotatable bonds is 10. The van der Waals surface area contributed by atoms with E-state index in [0.717, 1.165) is 22.7 Å². The molecule has 0 spiro atoms. The van der Waals surface area contributed by atoms with Gasteiger partial charge in [-0.3, -0.25) is 9.59 Å². The maximum absolute atomic E-state index is 13.5. The van der Waals surface area contributed by atoms with Crippen LogP contribution in [0.2, 0.25) is 25.7 Å². The summed E-state index contributed by atoms with van der Waals surface area (Å²) in [7, 11) is -1.42. The van der Waals surface area contributed by atoms with Crippen LogP contribution in [-0.4, -0.2) is 44.0 Å². The Labute approximate surface area is 224 Å². The summed E-state index contributed by atoms with van der Waals surface area (Å²) in [6, 6.07) is 11.8. The minimum Gasteiger partial charge on any atom is -0.508 e. The molecule has 0 radical (unpaired) electrons. The van der Waals surface area contributed by atoms with Crippen LogP contribution >= 0.6 is 0 Å². The largest absolute Gasteiger partial charge is 0.508 e. The van der Waals surface area contributed by atoms with Gasteiger partial charge in [0.2, 0.25) is 0 Å². The lowest BCUT2D eigenvalue weighted by Gasteiger charge is -2.47. The predicted molar refractivity (Wildman–Crippen MR) is 144 cm³/mol. The first-order valence-electron chi connectivity index (χ1n) is 13.2. The first kappa shape index (κ1) is 27.8. The van der Waals surface area contributed by atoms with Gasteiger partial charge in [-0.2, -0.15) is 0 Å². The Bertz CT molecular complexity index is 1190. The molecule has 1 fully saturated rings. The van der Waals surface area contributed by atoms with Crippen molar-refractivity contribution in [2.24, 2.45) is 17.0 Å². The van der Waals surface area contributed by atoms with Gasteiger partial charge < -0.3 is 19.4 Å². The highest BCUT2D eigenvalue weighted by Crippen LogP contribution is 2.56. The van der Waals surface area contributed by atoms with E-state index in [1.165, 1.54) is 12.1 Å². The molecule has 1 saturated carbocycles. The number of halogens is 1. The lowest BCUT2D eigenvalue weighted by molar-refractivity contribution is -0.163. The Kier molecular flexibility index (Phi) is 8.55. The van der Waals surface area contributed by atoms with Gasteiger partial charge in [0, 0.05) is 19.9 Å². The van der Waals surface area contributed by atoms with Crippen molar-refractivity contribution in [1.29, 1.82) is 0 Å². The van der Waals surface area contributed by atoms with E-state index in [0.29, 0.717) is 25.2 Å². The molecule has 2 bridgehead atoms. The van der Waals surface area contributed by atoms with Crippen molar-refractivity contribution in [3.05, 3.63) is 65.0 Å². The van der Waals surface area contributed by atoms with E-state index < -0.39 is 37.8 Å². The molecule has 0 aromatic heterocycles. The van der Waals surface area contributed by atoms with Crippen molar-refractivity contribution >= 4 is 25.7 Å². The van der Waals surface area contributed by atoms with Gasteiger partial charge in [-0.1, -0.05) is 49.9 Å². The Balaban J connectivity index is 1.66. The van der Waals surface area contributed by atoms with Crippen molar-refractivity contribution < 1.29 is 33.4 Å². The third-order valence-electron chi connectivity index (χ3n) is 7.19. The molecule has 2 unspecified atom stereocenters. The first-order valence-corrected chi connectivity index (χ1v) is 16.9. The van der Waals surface area contributed by atoms with Crippen molar-refractivity contribution in [2.45, 2.75) is 63.9 Å². The molecule has 3 aliphatic carbocycles. The predicted octanol–water partition coefficient (Wildman–Crippen LogP) is 5.76. The summed E-state index contributed by atoms with van der Waals surface area (Å²) in [4.78, 5) is 32.6. The van der Waals surface area contributed by atoms with Crippen LogP contribution in [-0.2, 0) is 30.5 Å². The fourth-order valence-electron chi connectivity index (χ4n) is 5.30. The Morgan fingerprint density at radius 3 is 2.37 bits per heavy atom. The molecular weight excluding hydrogens is 505 g/mol. The monoisotopic (exact) mass is 541 g/mol. The van der Waals surface area contributed by atoms with Crippen LogP contribution in [0.1, 0.15) is 48.3 Å². The van der Waals surface area contributed by atoms with Crippen LogP contribution in [0.25, 0.3) is 0 Å². The molecule has 2 aromatic rings. The Morgan fingerprint density at radius 1 is 1.00 bits per heavy atom. The highest BCUT2D eigenvalue weighted by Gasteiger charge is 2.57. The number of carbonyl (C=O) groups is 2. The quantitative estimate of drug-likeness (QED) is 0.234. The standard InChI is InChI=1S/C29H36FNO6Si/c1-5-12-35-29(34)27-25-22-15-20(32)10-11-21(22)23(26(27)28(33)36-13-14-38(2,3)4)16-24(25)31-37-17-18-6-8-19(30)9-7-18/h6-11,15,23,25-27,32H,5,12-14,16-17H2,1-4H3/b31-24+/t23?,25-,26?,27-/m1/s1. The molecule has 9 heteroatoms. The molecule has 4 atom stereocenters. The van der Waals surface area contributed by atoms with E-state index >= 15 is 0 Å². The molecule has 5 rings (SSSR count). The third kappa shape index (κ3) is 6.26. The fraction of sp³-hybridized carbons (Fsp3) is 0.483. The normalized spacial score (nSPS) is 23.1. The number of phenols is 1. The maximum Gasteiger partial charge on any atom is 0.310 e. The summed E-state index contributed by atoms with van der Waals surface area (Å²) < 4.78 is 24.6. The van der Waals surface area contributed by atoms with Gasteiger partial charge >= 0.3 is 11.9 Å². The van der Waals surface area contributed by atoms with Crippen LogP contribution in [0.4, 0.5) is 4.39 Å². The zero-order valence-electron chi connectivity index (χ0n) is 22.4. The van der Waals surface area contributed by atoms with Crippen molar-refractivity contribution in [3.8, 4) is 5.75 Å². The molecule has 0 amide bonds. The molecule has 0 heterocycles. The van der Waals surface area contributed by atoms with Gasteiger partial charge in [-0.05, 0) is 59.8 Å². The SMILES string of the molecule is CCCOC(=O)[C@H]1C(C(=O)OCC[Si](C)(C)C)C2C/C(=N\OCc3ccc(F)cc3)[C@H]1c1cc(O)ccc12. The van der Waals surface area contributed by atoms with Gasteiger partial charge in [0.15, 0.2) is 0 Å². The van der Waals surface area contributed by atoms with E-state index in [4.69, 9.17) is 14.3 Å². The fourth-order valence-corrected chi connectivity index (χ4v) is 6.01.